The Morgan fingerprint density at radius 2 is 2.11 bits per heavy atom. The number of carbonyl (C=O) groups excluding carboxylic acids is 1. The van der Waals surface area contributed by atoms with Crippen LogP contribution in [-0.4, -0.2) is 25.3 Å². The zero-order valence-electron chi connectivity index (χ0n) is 11.9. The van der Waals surface area contributed by atoms with Crippen molar-refractivity contribution >= 4 is 5.97 Å². The van der Waals surface area contributed by atoms with Gasteiger partial charge in [0.2, 0.25) is 0 Å². The highest BCUT2D eigenvalue weighted by molar-refractivity contribution is 5.79. The van der Waals surface area contributed by atoms with Crippen LogP contribution in [-0.2, 0) is 19.9 Å². The molecule has 0 aliphatic carbocycles. The Bertz CT molecular complexity index is 483. The number of rotatable bonds is 5. The van der Waals surface area contributed by atoms with Gasteiger partial charge in [-0.15, -0.1) is 0 Å². The van der Waals surface area contributed by atoms with E-state index >= 15 is 0 Å². The van der Waals surface area contributed by atoms with Gasteiger partial charge in [-0.05, 0) is 51.0 Å². The molecule has 0 spiro atoms. The standard InChI is InChI=1S/C15H20O4/c1-5-17-12-8-7-11(9-10(12)3)15(4)13(19-15)14(16)18-6-2/h7-9,13H,5-6H2,1-4H3. The van der Waals surface area contributed by atoms with E-state index in [1.807, 2.05) is 39.0 Å². The molecule has 19 heavy (non-hydrogen) atoms. The van der Waals surface area contributed by atoms with E-state index in [9.17, 15) is 4.79 Å². The van der Waals surface area contributed by atoms with E-state index in [0.717, 1.165) is 16.9 Å². The maximum absolute atomic E-state index is 11.7. The summed E-state index contributed by atoms with van der Waals surface area (Å²) >= 11 is 0. The van der Waals surface area contributed by atoms with Crippen LogP contribution in [0.15, 0.2) is 18.2 Å². The van der Waals surface area contributed by atoms with Crippen LogP contribution in [0.25, 0.3) is 0 Å². The molecule has 1 aromatic rings. The molecule has 2 rings (SSSR count). The highest BCUT2D eigenvalue weighted by Gasteiger charge is 2.59. The average molecular weight is 264 g/mol. The van der Waals surface area contributed by atoms with Crippen molar-refractivity contribution in [2.24, 2.45) is 0 Å². The Labute approximate surface area is 113 Å². The molecule has 0 N–H and O–H groups in total. The van der Waals surface area contributed by atoms with E-state index in [1.54, 1.807) is 6.92 Å². The van der Waals surface area contributed by atoms with Gasteiger partial charge in [0.05, 0.1) is 13.2 Å². The summed E-state index contributed by atoms with van der Waals surface area (Å²) in [6.45, 7) is 8.65. The van der Waals surface area contributed by atoms with Crippen molar-refractivity contribution < 1.29 is 19.0 Å². The molecule has 0 saturated carbocycles. The number of hydrogen-bond acceptors (Lipinski definition) is 4. The number of esters is 1. The molecule has 2 atom stereocenters. The molecule has 1 saturated heterocycles. The van der Waals surface area contributed by atoms with Gasteiger partial charge in [-0.25, -0.2) is 4.79 Å². The summed E-state index contributed by atoms with van der Waals surface area (Å²) < 4.78 is 16.0. The Kier molecular flexibility index (Phi) is 3.80. The van der Waals surface area contributed by atoms with Crippen molar-refractivity contribution in [3.63, 3.8) is 0 Å². The van der Waals surface area contributed by atoms with Crippen LogP contribution in [0.3, 0.4) is 0 Å². The average Bonchev–Trinajstić information content (AvgIpc) is 3.06. The first-order chi connectivity index (χ1) is 9.02. The lowest BCUT2D eigenvalue weighted by Gasteiger charge is -2.11. The zero-order valence-corrected chi connectivity index (χ0v) is 11.9. The van der Waals surface area contributed by atoms with Crippen LogP contribution >= 0.6 is 0 Å². The molecule has 1 aliphatic rings. The Morgan fingerprint density at radius 1 is 1.37 bits per heavy atom. The van der Waals surface area contributed by atoms with E-state index in [1.165, 1.54) is 0 Å². The second-order valence-corrected chi connectivity index (χ2v) is 4.77. The quantitative estimate of drug-likeness (QED) is 0.606. The van der Waals surface area contributed by atoms with Crippen LogP contribution in [0.5, 0.6) is 5.75 Å². The number of benzene rings is 1. The number of carbonyl (C=O) groups is 1. The van der Waals surface area contributed by atoms with Gasteiger partial charge in [0.1, 0.15) is 11.4 Å². The first kappa shape index (κ1) is 13.9. The molecule has 0 aromatic heterocycles. The number of ether oxygens (including phenoxy) is 3. The Morgan fingerprint density at radius 3 is 2.68 bits per heavy atom. The summed E-state index contributed by atoms with van der Waals surface area (Å²) in [5, 5.41) is 0. The summed E-state index contributed by atoms with van der Waals surface area (Å²) in [5.41, 5.74) is 1.45. The van der Waals surface area contributed by atoms with Crippen LogP contribution in [0.4, 0.5) is 0 Å². The monoisotopic (exact) mass is 264 g/mol. The highest BCUT2D eigenvalue weighted by Crippen LogP contribution is 2.47. The molecule has 1 aliphatic heterocycles. The van der Waals surface area contributed by atoms with Crippen molar-refractivity contribution in [2.45, 2.75) is 39.4 Å². The number of hydrogen-bond donors (Lipinski definition) is 0. The van der Waals surface area contributed by atoms with Gasteiger partial charge in [0, 0.05) is 0 Å². The highest BCUT2D eigenvalue weighted by atomic mass is 16.7. The van der Waals surface area contributed by atoms with Crippen LogP contribution < -0.4 is 4.74 Å². The molecule has 1 fully saturated rings. The minimum Gasteiger partial charge on any atom is -0.494 e. The summed E-state index contributed by atoms with van der Waals surface area (Å²) in [4.78, 5) is 11.7. The molecule has 2 unspecified atom stereocenters. The van der Waals surface area contributed by atoms with Gasteiger partial charge in [0.25, 0.3) is 0 Å². The molecule has 4 heteroatoms. The topological polar surface area (TPSA) is 48.1 Å². The van der Waals surface area contributed by atoms with Crippen molar-refractivity contribution in [3.8, 4) is 5.75 Å². The summed E-state index contributed by atoms with van der Waals surface area (Å²) in [6, 6.07) is 5.87. The first-order valence-electron chi connectivity index (χ1n) is 6.61. The summed E-state index contributed by atoms with van der Waals surface area (Å²) in [6.07, 6.45) is -0.496. The fraction of sp³-hybridized carbons (Fsp3) is 0.533. The van der Waals surface area contributed by atoms with Gasteiger partial charge in [0.15, 0.2) is 6.10 Å². The molecule has 104 valence electrons. The van der Waals surface area contributed by atoms with Crippen LogP contribution in [0.2, 0.25) is 0 Å². The summed E-state index contributed by atoms with van der Waals surface area (Å²) in [7, 11) is 0. The van der Waals surface area contributed by atoms with E-state index in [0.29, 0.717) is 13.2 Å². The fourth-order valence-corrected chi connectivity index (χ4v) is 2.20. The van der Waals surface area contributed by atoms with E-state index in [2.05, 4.69) is 0 Å². The minimum atomic E-state index is -0.568. The van der Waals surface area contributed by atoms with Crippen LogP contribution in [0, 0.1) is 6.92 Å². The van der Waals surface area contributed by atoms with Gasteiger partial charge >= 0.3 is 5.97 Å². The molecule has 1 aromatic carbocycles. The zero-order chi connectivity index (χ0) is 14.0. The van der Waals surface area contributed by atoms with E-state index in [-0.39, 0.29) is 5.97 Å². The molecule has 0 amide bonds. The van der Waals surface area contributed by atoms with Crippen molar-refractivity contribution in [1.29, 1.82) is 0 Å². The third-order valence-corrected chi connectivity index (χ3v) is 3.35. The van der Waals surface area contributed by atoms with E-state index in [4.69, 9.17) is 14.2 Å². The lowest BCUT2D eigenvalue weighted by Crippen LogP contribution is -2.19. The second kappa shape index (κ2) is 5.21. The molecule has 0 bridgehead atoms. The molecular formula is C15H20O4. The number of aryl methyl sites for hydroxylation is 1. The predicted molar refractivity (Wildman–Crippen MR) is 71.2 cm³/mol. The maximum atomic E-state index is 11.7. The third-order valence-electron chi connectivity index (χ3n) is 3.35. The SMILES string of the molecule is CCOC(=O)C1OC1(C)c1ccc(OCC)c(C)c1. The second-order valence-electron chi connectivity index (χ2n) is 4.77. The van der Waals surface area contributed by atoms with Gasteiger partial charge in [-0.1, -0.05) is 6.07 Å². The van der Waals surface area contributed by atoms with Gasteiger partial charge in [-0.2, -0.15) is 0 Å². The Hall–Kier alpha value is -1.55. The molecule has 4 nitrogen and oxygen atoms in total. The lowest BCUT2D eigenvalue weighted by molar-refractivity contribution is -0.144. The van der Waals surface area contributed by atoms with Gasteiger partial charge in [-0.3, -0.25) is 0 Å². The van der Waals surface area contributed by atoms with Crippen molar-refractivity contribution in [1.82, 2.24) is 0 Å². The van der Waals surface area contributed by atoms with Crippen molar-refractivity contribution in [3.05, 3.63) is 29.3 Å². The lowest BCUT2D eigenvalue weighted by atomic mass is 9.95. The minimum absolute atomic E-state index is 0.295. The van der Waals surface area contributed by atoms with Gasteiger partial charge < -0.3 is 14.2 Å². The van der Waals surface area contributed by atoms with E-state index < -0.39 is 11.7 Å². The summed E-state index contributed by atoms with van der Waals surface area (Å²) in [5.74, 6) is 0.569. The molecule has 0 radical (unpaired) electrons. The number of epoxide rings is 1. The third kappa shape index (κ3) is 2.59. The largest absolute Gasteiger partial charge is 0.494 e. The molecular weight excluding hydrogens is 244 g/mol. The molecule has 1 heterocycles. The normalized spacial score (nSPS) is 24.9. The predicted octanol–water partition coefficient (Wildman–Crippen LogP) is 2.57. The first-order valence-corrected chi connectivity index (χ1v) is 6.61. The maximum Gasteiger partial charge on any atom is 0.338 e. The van der Waals surface area contributed by atoms with Crippen LogP contribution in [0.1, 0.15) is 31.9 Å². The smallest absolute Gasteiger partial charge is 0.338 e. The fourth-order valence-electron chi connectivity index (χ4n) is 2.20. The van der Waals surface area contributed by atoms with Crippen molar-refractivity contribution in [2.75, 3.05) is 13.2 Å². The Balaban J connectivity index is 2.15.